The molecular formula is C13H14Cl2FN3. The lowest BCUT2D eigenvalue weighted by molar-refractivity contribution is 0.580. The summed E-state index contributed by atoms with van der Waals surface area (Å²) in [7, 11) is 0. The van der Waals surface area contributed by atoms with E-state index in [2.05, 4.69) is 5.10 Å². The van der Waals surface area contributed by atoms with Crippen molar-refractivity contribution < 1.29 is 4.39 Å². The quantitative estimate of drug-likeness (QED) is 0.881. The van der Waals surface area contributed by atoms with Gasteiger partial charge in [0.1, 0.15) is 5.82 Å². The monoisotopic (exact) mass is 301 g/mol. The minimum atomic E-state index is -0.935. The van der Waals surface area contributed by atoms with Gasteiger partial charge in [0.2, 0.25) is 0 Å². The average molecular weight is 302 g/mol. The van der Waals surface area contributed by atoms with Crippen molar-refractivity contribution in [2.24, 2.45) is 5.73 Å². The molecule has 1 atom stereocenters. The first-order chi connectivity index (χ1) is 8.86. The molecule has 0 saturated heterocycles. The van der Waals surface area contributed by atoms with E-state index in [1.165, 1.54) is 12.1 Å². The maximum atomic E-state index is 13.6. The van der Waals surface area contributed by atoms with Gasteiger partial charge in [0.25, 0.3) is 0 Å². The summed E-state index contributed by atoms with van der Waals surface area (Å²) in [4.78, 5) is 0. The number of hydrogen-bond donors (Lipinski definition) is 1. The van der Waals surface area contributed by atoms with Gasteiger partial charge in [0.15, 0.2) is 0 Å². The topological polar surface area (TPSA) is 43.8 Å². The highest BCUT2D eigenvalue weighted by molar-refractivity contribution is 6.35. The molecule has 102 valence electrons. The second-order valence-electron chi connectivity index (χ2n) is 4.53. The highest BCUT2D eigenvalue weighted by atomic mass is 35.5. The van der Waals surface area contributed by atoms with E-state index in [1.54, 1.807) is 17.8 Å². The predicted molar refractivity (Wildman–Crippen MR) is 75.0 cm³/mol. The highest BCUT2D eigenvalue weighted by Crippen LogP contribution is 2.34. The van der Waals surface area contributed by atoms with Gasteiger partial charge in [-0.2, -0.15) is 5.10 Å². The first-order valence-corrected chi connectivity index (χ1v) is 6.58. The lowest BCUT2D eigenvalue weighted by Gasteiger charge is -2.25. The van der Waals surface area contributed by atoms with E-state index in [9.17, 15) is 4.39 Å². The zero-order valence-corrected chi connectivity index (χ0v) is 12.1. The number of halogens is 3. The van der Waals surface area contributed by atoms with E-state index in [4.69, 9.17) is 28.9 Å². The Morgan fingerprint density at radius 2 is 2.05 bits per heavy atom. The van der Waals surface area contributed by atoms with Gasteiger partial charge in [-0.15, -0.1) is 0 Å². The van der Waals surface area contributed by atoms with Crippen LogP contribution in [0.1, 0.15) is 25.0 Å². The van der Waals surface area contributed by atoms with Crippen molar-refractivity contribution in [2.45, 2.75) is 25.9 Å². The van der Waals surface area contributed by atoms with E-state index >= 15 is 0 Å². The fourth-order valence-electron chi connectivity index (χ4n) is 1.88. The Morgan fingerprint density at radius 1 is 1.37 bits per heavy atom. The summed E-state index contributed by atoms with van der Waals surface area (Å²) in [5.41, 5.74) is 6.61. The standard InChI is InChI=1S/C13H14Cl2FN3/c1-3-19-7-8(6-18-19)13(2,17)9-4-12(16)11(15)5-10(9)14/h4-7H,3,17H2,1-2H3. The van der Waals surface area contributed by atoms with E-state index in [0.29, 0.717) is 10.6 Å². The first-order valence-electron chi connectivity index (χ1n) is 5.83. The summed E-state index contributed by atoms with van der Waals surface area (Å²) in [6.07, 6.45) is 3.48. The second-order valence-corrected chi connectivity index (χ2v) is 5.35. The molecule has 2 N–H and O–H groups in total. The minimum Gasteiger partial charge on any atom is -0.318 e. The molecule has 0 aliphatic carbocycles. The van der Waals surface area contributed by atoms with Crippen LogP contribution in [-0.4, -0.2) is 9.78 Å². The number of benzene rings is 1. The molecule has 1 aromatic carbocycles. The fourth-order valence-corrected chi connectivity index (χ4v) is 2.46. The molecule has 0 bridgehead atoms. The number of nitrogens with two attached hydrogens (primary N) is 1. The smallest absolute Gasteiger partial charge is 0.142 e. The fraction of sp³-hybridized carbons (Fsp3) is 0.308. The third-order valence-corrected chi connectivity index (χ3v) is 3.73. The third kappa shape index (κ3) is 2.61. The van der Waals surface area contributed by atoms with Crippen LogP contribution in [0.25, 0.3) is 0 Å². The molecule has 0 saturated carbocycles. The Labute approximate surface area is 121 Å². The number of aromatic nitrogens is 2. The summed E-state index contributed by atoms with van der Waals surface area (Å²) in [5.74, 6) is -0.541. The maximum Gasteiger partial charge on any atom is 0.142 e. The number of nitrogens with zero attached hydrogens (tertiary/aromatic N) is 2. The number of hydrogen-bond acceptors (Lipinski definition) is 2. The van der Waals surface area contributed by atoms with Gasteiger partial charge in [-0.3, -0.25) is 4.68 Å². The predicted octanol–water partition coefficient (Wildman–Crippen LogP) is 3.57. The SMILES string of the molecule is CCn1cc(C(C)(N)c2cc(F)c(Cl)cc2Cl)cn1. The van der Waals surface area contributed by atoms with Gasteiger partial charge in [0, 0.05) is 23.3 Å². The minimum absolute atomic E-state index is 0.0196. The summed E-state index contributed by atoms with van der Waals surface area (Å²) in [5, 5.41) is 4.48. The van der Waals surface area contributed by atoms with Crippen molar-refractivity contribution >= 4 is 23.2 Å². The van der Waals surface area contributed by atoms with Gasteiger partial charge >= 0.3 is 0 Å². The van der Waals surface area contributed by atoms with Gasteiger partial charge in [-0.1, -0.05) is 23.2 Å². The van der Waals surface area contributed by atoms with Crippen LogP contribution in [-0.2, 0) is 12.1 Å². The Balaban J connectivity index is 2.52. The first kappa shape index (κ1) is 14.3. The van der Waals surface area contributed by atoms with Gasteiger partial charge in [-0.05, 0) is 31.5 Å². The van der Waals surface area contributed by atoms with Gasteiger partial charge in [0.05, 0.1) is 16.8 Å². The number of aryl methyl sites for hydroxylation is 1. The summed E-state index contributed by atoms with van der Waals surface area (Å²) in [6, 6.07) is 2.64. The van der Waals surface area contributed by atoms with Crippen molar-refractivity contribution in [3.05, 3.63) is 51.5 Å². The largest absolute Gasteiger partial charge is 0.318 e. The molecule has 0 aliphatic heterocycles. The molecule has 0 fully saturated rings. The molecule has 0 radical (unpaired) electrons. The summed E-state index contributed by atoms with van der Waals surface area (Å²) < 4.78 is 15.4. The van der Waals surface area contributed by atoms with Crippen molar-refractivity contribution in [1.29, 1.82) is 0 Å². The Bertz CT molecular complexity index is 608. The van der Waals surface area contributed by atoms with E-state index < -0.39 is 11.4 Å². The van der Waals surface area contributed by atoms with Crippen LogP contribution >= 0.6 is 23.2 Å². The average Bonchev–Trinajstić information content (AvgIpc) is 2.83. The van der Waals surface area contributed by atoms with Crippen LogP contribution in [0.5, 0.6) is 0 Å². The Morgan fingerprint density at radius 3 is 2.63 bits per heavy atom. The molecule has 1 aromatic heterocycles. The Kier molecular flexibility index (Phi) is 3.85. The van der Waals surface area contributed by atoms with Gasteiger partial charge in [-0.25, -0.2) is 4.39 Å². The van der Waals surface area contributed by atoms with Crippen LogP contribution < -0.4 is 5.73 Å². The molecule has 19 heavy (non-hydrogen) atoms. The highest BCUT2D eigenvalue weighted by Gasteiger charge is 2.29. The molecular weight excluding hydrogens is 288 g/mol. The van der Waals surface area contributed by atoms with Crippen molar-refractivity contribution in [2.75, 3.05) is 0 Å². The summed E-state index contributed by atoms with van der Waals surface area (Å²) in [6.45, 7) is 4.47. The normalized spacial score (nSPS) is 14.4. The molecule has 3 nitrogen and oxygen atoms in total. The molecule has 6 heteroatoms. The van der Waals surface area contributed by atoms with Crippen LogP contribution in [0.3, 0.4) is 0 Å². The van der Waals surface area contributed by atoms with E-state index in [-0.39, 0.29) is 5.02 Å². The Hall–Kier alpha value is -1.10. The van der Waals surface area contributed by atoms with E-state index in [0.717, 1.165) is 12.1 Å². The molecule has 2 rings (SSSR count). The zero-order valence-electron chi connectivity index (χ0n) is 10.6. The lowest BCUT2D eigenvalue weighted by atomic mass is 9.87. The molecule has 0 amide bonds. The van der Waals surface area contributed by atoms with Crippen LogP contribution in [0.4, 0.5) is 4.39 Å². The van der Waals surface area contributed by atoms with Crippen LogP contribution in [0.2, 0.25) is 10.0 Å². The van der Waals surface area contributed by atoms with Crippen LogP contribution in [0.15, 0.2) is 24.5 Å². The molecule has 0 spiro atoms. The lowest BCUT2D eigenvalue weighted by Crippen LogP contribution is -2.34. The summed E-state index contributed by atoms with van der Waals surface area (Å²) >= 11 is 11.8. The maximum absolute atomic E-state index is 13.6. The van der Waals surface area contributed by atoms with Crippen molar-refractivity contribution in [3.8, 4) is 0 Å². The van der Waals surface area contributed by atoms with Crippen molar-refractivity contribution in [3.63, 3.8) is 0 Å². The molecule has 1 unspecified atom stereocenters. The van der Waals surface area contributed by atoms with E-state index in [1.807, 2.05) is 13.1 Å². The number of rotatable bonds is 3. The van der Waals surface area contributed by atoms with Crippen molar-refractivity contribution in [1.82, 2.24) is 9.78 Å². The third-order valence-electron chi connectivity index (χ3n) is 3.13. The molecule has 0 aliphatic rings. The second kappa shape index (κ2) is 5.12. The molecule has 1 heterocycles. The zero-order chi connectivity index (χ0) is 14.2. The van der Waals surface area contributed by atoms with Crippen LogP contribution in [0, 0.1) is 5.82 Å². The van der Waals surface area contributed by atoms with Gasteiger partial charge < -0.3 is 5.73 Å². The molecule has 2 aromatic rings.